The Morgan fingerprint density at radius 3 is 1.04 bits per heavy atom. The number of anilines is 4. The Morgan fingerprint density at radius 1 is 0.407 bits per heavy atom. The van der Waals surface area contributed by atoms with Gasteiger partial charge in [0.25, 0.3) is 40.1 Å². The Balaban J connectivity index is 0.000000161. The topological polar surface area (TPSA) is 289 Å². The van der Waals surface area contributed by atoms with Crippen LogP contribution in [0.4, 0.5) is 22.7 Å². The van der Waals surface area contributed by atoms with E-state index in [0.29, 0.717) is 50.5 Å². The maximum Gasteiger partial charge on any atom is 0.264 e. The highest BCUT2D eigenvalue weighted by Crippen LogP contribution is 2.45. The second-order valence-corrected chi connectivity index (χ2v) is 37.9. The van der Waals surface area contributed by atoms with Crippen molar-refractivity contribution in [2.75, 3.05) is 117 Å². The number of unbranched alkanes of at least 4 members (excludes halogenated alkanes) is 7. The number of aryl methyl sites for hydroxylation is 4. The molecule has 5 aliphatic rings. The zero-order chi connectivity index (χ0) is 81.0. The van der Waals surface area contributed by atoms with E-state index in [9.17, 15) is 38.5 Å². The number of rotatable bonds is 28. The van der Waals surface area contributed by atoms with E-state index in [1.54, 1.807) is 52.5 Å². The van der Waals surface area contributed by atoms with Crippen molar-refractivity contribution in [1.29, 1.82) is 0 Å². The third-order valence-electron chi connectivity index (χ3n) is 21.1. The van der Waals surface area contributed by atoms with E-state index < -0.39 is 40.1 Å². The van der Waals surface area contributed by atoms with Crippen molar-refractivity contribution in [1.82, 2.24) is 26.6 Å². The van der Waals surface area contributed by atoms with Gasteiger partial charge in [0.15, 0.2) is 5.90 Å². The summed E-state index contributed by atoms with van der Waals surface area (Å²) in [6.07, 6.45) is 14.2. The SMILES string of the molecule is CSCCCNC1c2ccccc2N(C)S(=O)(=O)c2cc(C)ccc21.Cc1ccc2c(c1)S(=O)(=O)N(C)c1ccccc1C2NCCCCCCC(=O)NCCO.Cc1ccc2c(c1)S(=O)(=O)N(C)c1ccccc1C2NCCCCCCC1=NCCO1.Cc1ccc2c(c1)S(=O)(=O)N(C)c1ccccc1C2NCCCCO. The summed E-state index contributed by atoms with van der Waals surface area (Å²) in [4.78, 5) is 17.4. The number of para-hydroxylation sites is 4. The first-order chi connectivity index (χ1) is 54.3. The van der Waals surface area contributed by atoms with Crippen LogP contribution in [0.5, 0.6) is 0 Å². The van der Waals surface area contributed by atoms with Crippen LogP contribution in [0.2, 0.25) is 0 Å². The molecular weight excluding hydrogens is 1530 g/mol. The van der Waals surface area contributed by atoms with Crippen LogP contribution in [-0.4, -0.2) is 155 Å². The van der Waals surface area contributed by atoms with Gasteiger partial charge in [-0.05, 0) is 226 Å². The van der Waals surface area contributed by atoms with Crippen LogP contribution in [0, 0.1) is 27.7 Å². The highest BCUT2D eigenvalue weighted by atomic mass is 32.2. The number of nitrogens with zero attached hydrogens (tertiary/aromatic N) is 5. The lowest BCUT2D eigenvalue weighted by Crippen LogP contribution is -2.26. The maximum atomic E-state index is 13.3. The number of aliphatic hydroxyl groups excluding tert-OH is 2. The van der Waals surface area contributed by atoms with Crippen LogP contribution < -0.4 is 43.8 Å². The molecule has 0 aliphatic carbocycles. The molecule has 5 heterocycles. The fourth-order valence-corrected chi connectivity index (χ4v) is 21.5. The lowest BCUT2D eigenvalue weighted by atomic mass is 9.96. The van der Waals surface area contributed by atoms with Gasteiger partial charge in [-0.3, -0.25) is 27.0 Å². The number of ether oxygens (including phenoxy) is 1. The summed E-state index contributed by atoms with van der Waals surface area (Å²) in [6, 6.07) is 52.7. The third-order valence-corrected chi connectivity index (χ3v) is 29.1. The molecule has 0 aromatic heterocycles. The number of thioether (sulfide) groups is 1. The van der Waals surface area contributed by atoms with Gasteiger partial charge < -0.3 is 41.5 Å². The van der Waals surface area contributed by atoms with E-state index in [0.717, 1.165) is 200 Å². The van der Waals surface area contributed by atoms with E-state index in [4.69, 9.17) is 14.9 Å². The highest BCUT2D eigenvalue weighted by Gasteiger charge is 2.39. The summed E-state index contributed by atoms with van der Waals surface area (Å²) in [5, 5.41) is 34.7. The van der Waals surface area contributed by atoms with Gasteiger partial charge in [0.2, 0.25) is 5.91 Å². The van der Waals surface area contributed by atoms with Crippen LogP contribution in [0.15, 0.2) is 194 Å². The molecule has 8 aromatic carbocycles. The molecule has 22 nitrogen and oxygen atoms in total. The molecule has 0 fully saturated rings. The summed E-state index contributed by atoms with van der Waals surface area (Å²) in [7, 11) is -7.94. The number of benzene rings is 8. The Hall–Kier alpha value is -8.19. The summed E-state index contributed by atoms with van der Waals surface area (Å²) in [6.45, 7) is 12.7. The monoisotopic (exact) mass is 1640 g/mol. The molecule has 4 atom stereocenters. The first kappa shape index (κ1) is 87.2. The summed E-state index contributed by atoms with van der Waals surface area (Å²) >= 11 is 1.82. The van der Waals surface area contributed by atoms with Crippen molar-refractivity contribution in [3.05, 3.63) is 237 Å². The molecule has 0 bridgehead atoms. The van der Waals surface area contributed by atoms with Crippen LogP contribution in [0.1, 0.15) is 174 Å². The molecule has 27 heteroatoms. The Labute approximate surface area is 674 Å². The molecule has 13 rings (SSSR count). The van der Waals surface area contributed by atoms with Crippen LogP contribution in [-0.2, 0) is 49.6 Å². The minimum absolute atomic E-state index is 0.0236. The van der Waals surface area contributed by atoms with E-state index >= 15 is 0 Å². The average Bonchev–Trinajstić information content (AvgIpc) is 1.63. The Bertz CT molecular complexity index is 4940. The second kappa shape index (κ2) is 40.4. The molecule has 0 saturated heterocycles. The smallest absolute Gasteiger partial charge is 0.264 e. The molecule has 0 spiro atoms. The molecule has 608 valence electrons. The number of carbonyl (C=O) groups is 1. The van der Waals surface area contributed by atoms with Gasteiger partial charge in [-0.15, -0.1) is 0 Å². The molecule has 113 heavy (non-hydrogen) atoms. The number of amides is 1. The third kappa shape index (κ3) is 20.9. The van der Waals surface area contributed by atoms with E-state index in [1.807, 2.05) is 185 Å². The Kier molecular flexibility index (Phi) is 31.2. The molecule has 5 aliphatic heterocycles. The van der Waals surface area contributed by atoms with Crippen molar-refractivity contribution in [3.8, 4) is 0 Å². The minimum atomic E-state index is -3.64. The fourth-order valence-electron chi connectivity index (χ4n) is 14.9. The largest absolute Gasteiger partial charge is 0.479 e. The zero-order valence-corrected chi connectivity index (χ0v) is 70.6. The highest BCUT2D eigenvalue weighted by molar-refractivity contribution is 7.98. The quantitative estimate of drug-likeness (QED) is 0.0224. The van der Waals surface area contributed by atoms with Gasteiger partial charge in [0.1, 0.15) is 6.61 Å². The molecule has 8 aromatic rings. The molecule has 7 N–H and O–H groups in total. The molecule has 0 radical (unpaired) electrons. The van der Waals surface area contributed by atoms with Crippen LogP contribution >= 0.6 is 11.8 Å². The van der Waals surface area contributed by atoms with Crippen molar-refractivity contribution < 1.29 is 53.4 Å². The summed E-state index contributed by atoms with van der Waals surface area (Å²) < 4.78 is 117. The van der Waals surface area contributed by atoms with Crippen molar-refractivity contribution >= 4 is 86.4 Å². The van der Waals surface area contributed by atoms with Crippen molar-refractivity contribution in [3.63, 3.8) is 0 Å². The zero-order valence-electron chi connectivity index (χ0n) is 66.5. The number of aliphatic imine (C=N–C) groups is 1. The molecule has 1 amide bonds. The molecular formula is C86H112N10O12S5. The predicted molar refractivity (Wildman–Crippen MR) is 456 cm³/mol. The van der Waals surface area contributed by atoms with E-state index in [-0.39, 0.29) is 43.3 Å². The molecule has 4 unspecified atom stereocenters. The normalized spacial score (nSPS) is 18.1. The summed E-state index contributed by atoms with van der Waals surface area (Å²) in [5.41, 5.74) is 13.6. The molecule has 0 saturated carbocycles. The van der Waals surface area contributed by atoms with E-state index in [1.165, 1.54) is 17.2 Å². The first-order valence-corrected chi connectivity index (χ1v) is 46.2. The van der Waals surface area contributed by atoms with E-state index in [2.05, 4.69) is 37.8 Å². The number of aliphatic hydroxyl groups is 2. The second-order valence-electron chi connectivity index (χ2n) is 29.1. The first-order valence-electron chi connectivity index (χ1n) is 39.1. The number of fused-ring (bicyclic) bond motifs is 8. The van der Waals surface area contributed by atoms with Gasteiger partial charge in [-0.2, -0.15) is 11.8 Å². The number of hydrogen-bond acceptors (Lipinski definition) is 18. The Morgan fingerprint density at radius 2 is 0.726 bits per heavy atom. The minimum Gasteiger partial charge on any atom is -0.479 e. The van der Waals surface area contributed by atoms with Crippen LogP contribution in [0.3, 0.4) is 0 Å². The number of nitrogens with one attached hydrogen (secondary N) is 5. The fraction of sp³-hybridized carbons (Fsp3) is 0.419. The van der Waals surface area contributed by atoms with Gasteiger partial charge >= 0.3 is 0 Å². The number of sulfonamides is 4. The lowest BCUT2D eigenvalue weighted by Gasteiger charge is -2.22. The standard InChI is InChI=1S/C24H33N3O4S.C24H31N3O3S.C19H24N2O3S.C19H24N2O2S2/c1-18-12-13-20-22(17-18)32(30,31)27(2)21-10-7-6-9-19(21)24(20)26-14-8-4-3-5-11-23(29)25-15-16-28;1-18-12-13-20-22(17-18)31(28,29)27(2)21-10-7-6-9-19(21)24(20)26-14-8-4-3-5-11-23-25-15-16-30-23;1-14-9-10-16-18(13-14)25(23,24)21(2)17-8-4-3-7-15(17)19(16)20-11-5-6-12-22;1-14-9-10-16-18(13-14)25(22,23)21(2)17-8-5-4-7-15(17)19(16)20-11-6-12-24-3/h6-7,9-10,12-13,17,24,26,28H,3-5,8,11,14-16H2,1-2H3,(H,25,29);6-7,9-10,12-13,17,24,26H,3-5,8,11,14-16H2,1-2H3;3-4,7-10,13,19-20,22H,5-6,11-12H2,1-2H3;4-5,7-10,13,19-20H,6,11-12H2,1-3H3. The van der Waals surface area contributed by atoms with Crippen molar-refractivity contribution in [2.45, 2.75) is 155 Å². The average molecular weight is 1640 g/mol. The van der Waals surface area contributed by atoms with Gasteiger partial charge in [-0.1, -0.05) is 147 Å². The van der Waals surface area contributed by atoms with Crippen molar-refractivity contribution in [2.24, 2.45) is 4.99 Å². The predicted octanol–water partition coefficient (Wildman–Crippen LogP) is 13.2. The number of carbonyl (C=O) groups excluding carboxylic acids is 1. The van der Waals surface area contributed by atoms with Gasteiger partial charge in [0.05, 0.1) is 79.7 Å². The number of hydrogen-bond donors (Lipinski definition) is 7. The summed E-state index contributed by atoms with van der Waals surface area (Å²) in [5.74, 6) is 1.97. The van der Waals surface area contributed by atoms with Crippen LogP contribution in [0.25, 0.3) is 0 Å². The van der Waals surface area contributed by atoms with Gasteiger partial charge in [-0.25, -0.2) is 33.7 Å². The maximum absolute atomic E-state index is 13.3. The lowest BCUT2D eigenvalue weighted by molar-refractivity contribution is -0.121. The van der Waals surface area contributed by atoms with Gasteiger partial charge in [0, 0.05) is 54.2 Å².